The Morgan fingerprint density at radius 1 is 0.763 bits per heavy atom. The van der Waals surface area contributed by atoms with E-state index in [-0.39, 0.29) is 0 Å². The Balaban J connectivity index is 1.36. The van der Waals surface area contributed by atoms with Crippen LogP contribution < -0.4 is 4.74 Å². The fraction of sp³-hybridized carbons (Fsp3) is 0.394. The van der Waals surface area contributed by atoms with Crippen LogP contribution in [0.25, 0.3) is 16.8 Å². The Morgan fingerprint density at radius 3 is 2.08 bits per heavy atom. The molecule has 0 amide bonds. The van der Waals surface area contributed by atoms with Crippen LogP contribution in [0.5, 0.6) is 5.75 Å². The molecule has 5 heteroatoms. The first-order valence-electron chi connectivity index (χ1n) is 14.2. The van der Waals surface area contributed by atoms with Gasteiger partial charge < -0.3 is 9.64 Å². The molecule has 1 fully saturated rings. The van der Waals surface area contributed by atoms with Gasteiger partial charge in [0.15, 0.2) is 0 Å². The quantitative estimate of drug-likeness (QED) is 0.195. The highest BCUT2D eigenvalue weighted by molar-refractivity contribution is 5.64. The van der Waals surface area contributed by atoms with Gasteiger partial charge in [0.2, 0.25) is 0 Å². The topological polar surface area (TPSA) is 43.2 Å². The van der Waals surface area contributed by atoms with E-state index in [4.69, 9.17) is 4.74 Å². The van der Waals surface area contributed by atoms with Crippen LogP contribution in [-0.4, -0.2) is 46.6 Å². The molecule has 0 bridgehead atoms. The second-order valence-corrected chi connectivity index (χ2v) is 10.4. The molecular weight excluding hydrogens is 468 g/mol. The van der Waals surface area contributed by atoms with E-state index in [1.807, 2.05) is 12.1 Å². The van der Waals surface area contributed by atoms with Crippen LogP contribution in [0.3, 0.4) is 0 Å². The summed E-state index contributed by atoms with van der Waals surface area (Å²) in [6, 6.07) is 26.0. The highest BCUT2D eigenvalue weighted by Gasteiger charge is 2.18. The summed E-state index contributed by atoms with van der Waals surface area (Å²) >= 11 is 0. The maximum atomic E-state index is 5.31. The van der Waals surface area contributed by atoms with Crippen LogP contribution in [0, 0.1) is 0 Å². The Bertz CT molecular complexity index is 1270. The number of aryl methyl sites for hydroxylation is 1. The molecule has 0 unspecified atom stereocenters. The van der Waals surface area contributed by atoms with Crippen molar-refractivity contribution in [3.63, 3.8) is 0 Å². The second kappa shape index (κ2) is 12.9. The summed E-state index contributed by atoms with van der Waals surface area (Å²) in [6.45, 7) is 5.72. The van der Waals surface area contributed by atoms with Crippen LogP contribution in [0.2, 0.25) is 0 Å². The number of hydrogen-bond donors (Lipinski definition) is 0. The van der Waals surface area contributed by atoms with Crippen LogP contribution in [-0.2, 0) is 19.3 Å². The van der Waals surface area contributed by atoms with Crippen LogP contribution in [0.4, 0.5) is 0 Å². The van der Waals surface area contributed by atoms with Crippen molar-refractivity contribution in [1.29, 1.82) is 0 Å². The molecule has 5 nitrogen and oxygen atoms in total. The third-order valence-electron chi connectivity index (χ3n) is 7.71. The van der Waals surface area contributed by atoms with Gasteiger partial charge >= 0.3 is 0 Å². The van der Waals surface area contributed by atoms with E-state index in [1.54, 1.807) is 7.11 Å². The Hall–Kier alpha value is -3.44. The molecule has 0 spiro atoms. The molecule has 4 aromatic rings. The standard InChI is InChI=1S/C33H40N4O/c1-3-4-5-8-26-11-17-30(18-12-26)37-33(32(34-35-37)21-24-36-22-6-7-23-36)25-27-9-13-28(14-10-27)29-15-19-31(38-2)20-16-29/h9-20H,3-8,21-25H2,1-2H3. The maximum absolute atomic E-state index is 5.31. The predicted molar refractivity (Wildman–Crippen MR) is 155 cm³/mol. The Morgan fingerprint density at radius 2 is 1.42 bits per heavy atom. The molecule has 198 valence electrons. The summed E-state index contributed by atoms with van der Waals surface area (Å²) in [5, 5.41) is 9.34. The van der Waals surface area contributed by atoms with Gasteiger partial charge in [0, 0.05) is 19.4 Å². The van der Waals surface area contributed by atoms with Crippen molar-refractivity contribution < 1.29 is 4.74 Å². The predicted octanol–water partition coefficient (Wildman–Crippen LogP) is 6.90. The molecule has 1 aromatic heterocycles. The van der Waals surface area contributed by atoms with Crippen molar-refractivity contribution in [2.24, 2.45) is 0 Å². The van der Waals surface area contributed by atoms with E-state index in [2.05, 4.69) is 87.5 Å². The summed E-state index contributed by atoms with van der Waals surface area (Å²) in [5.74, 6) is 0.876. The molecule has 0 saturated carbocycles. The van der Waals surface area contributed by atoms with Gasteiger partial charge in [-0.15, -0.1) is 5.10 Å². The Labute approximate surface area is 227 Å². The lowest BCUT2D eigenvalue weighted by Gasteiger charge is -2.14. The fourth-order valence-electron chi connectivity index (χ4n) is 5.36. The number of ether oxygens (including phenoxy) is 1. The fourth-order valence-corrected chi connectivity index (χ4v) is 5.36. The summed E-state index contributed by atoms with van der Waals surface area (Å²) in [4.78, 5) is 2.55. The van der Waals surface area contributed by atoms with Crippen molar-refractivity contribution in [3.05, 3.63) is 95.3 Å². The molecule has 1 saturated heterocycles. The molecule has 38 heavy (non-hydrogen) atoms. The van der Waals surface area contributed by atoms with Crippen molar-refractivity contribution in [2.45, 2.75) is 58.3 Å². The van der Waals surface area contributed by atoms with E-state index in [0.717, 1.165) is 42.9 Å². The first kappa shape index (κ1) is 26.2. The zero-order valence-corrected chi connectivity index (χ0v) is 22.9. The highest BCUT2D eigenvalue weighted by atomic mass is 16.5. The van der Waals surface area contributed by atoms with E-state index in [0.29, 0.717) is 0 Å². The van der Waals surface area contributed by atoms with Crippen molar-refractivity contribution in [3.8, 4) is 22.6 Å². The average molecular weight is 509 g/mol. The number of unbranched alkanes of at least 4 members (excludes halogenated alkanes) is 2. The smallest absolute Gasteiger partial charge is 0.118 e. The van der Waals surface area contributed by atoms with Gasteiger partial charge in [-0.1, -0.05) is 73.5 Å². The molecule has 1 aliphatic rings. The minimum Gasteiger partial charge on any atom is -0.497 e. The molecular formula is C33H40N4O. The van der Waals surface area contributed by atoms with Crippen molar-refractivity contribution >= 4 is 0 Å². The number of nitrogens with zero attached hydrogens (tertiary/aromatic N) is 4. The van der Waals surface area contributed by atoms with E-state index >= 15 is 0 Å². The summed E-state index contributed by atoms with van der Waals surface area (Å²) in [7, 11) is 1.70. The number of likely N-dealkylation sites (tertiary alicyclic amines) is 1. The molecule has 1 aliphatic heterocycles. The zero-order chi connectivity index (χ0) is 26.2. The van der Waals surface area contributed by atoms with Gasteiger partial charge in [0.05, 0.1) is 24.2 Å². The number of rotatable bonds is 12. The summed E-state index contributed by atoms with van der Waals surface area (Å²) in [6.07, 6.45) is 9.29. The van der Waals surface area contributed by atoms with Crippen LogP contribution >= 0.6 is 0 Å². The lowest BCUT2D eigenvalue weighted by molar-refractivity contribution is 0.342. The normalized spacial score (nSPS) is 13.7. The van der Waals surface area contributed by atoms with Gasteiger partial charge in [-0.2, -0.15) is 0 Å². The van der Waals surface area contributed by atoms with Crippen LogP contribution in [0.15, 0.2) is 72.8 Å². The van der Waals surface area contributed by atoms with E-state index < -0.39 is 0 Å². The summed E-state index contributed by atoms with van der Waals surface area (Å²) in [5.41, 5.74) is 8.46. The van der Waals surface area contributed by atoms with Gasteiger partial charge in [-0.25, -0.2) is 4.68 Å². The third kappa shape index (κ3) is 6.51. The van der Waals surface area contributed by atoms with E-state index in [1.165, 1.54) is 73.1 Å². The largest absolute Gasteiger partial charge is 0.497 e. The molecule has 5 rings (SSSR count). The van der Waals surface area contributed by atoms with Gasteiger partial charge in [-0.3, -0.25) is 0 Å². The minimum absolute atomic E-state index is 0.809. The number of aromatic nitrogens is 3. The molecule has 0 atom stereocenters. The number of hydrogen-bond acceptors (Lipinski definition) is 4. The van der Waals surface area contributed by atoms with Gasteiger partial charge in [0.1, 0.15) is 5.75 Å². The van der Waals surface area contributed by atoms with Gasteiger partial charge in [-0.05, 0) is 85.3 Å². The van der Waals surface area contributed by atoms with Crippen LogP contribution in [0.1, 0.15) is 61.5 Å². The average Bonchev–Trinajstić information content (AvgIpc) is 3.63. The molecule has 0 aliphatic carbocycles. The second-order valence-electron chi connectivity index (χ2n) is 10.4. The van der Waals surface area contributed by atoms with E-state index in [9.17, 15) is 0 Å². The minimum atomic E-state index is 0.809. The maximum Gasteiger partial charge on any atom is 0.118 e. The van der Waals surface area contributed by atoms with Gasteiger partial charge in [0.25, 0.3) is 0 Å². The SMILES string of the molecule is CCCCCc1ccc(-n2nnc(CCN3CCCC3)c2Cc2ccc(-c3ccc(OC)cc3)cc2)cc1. The number of methoxy groups -OCH3 is 1. The third-order valence-corrected chi connectivity index (χ3v) is 7.71. The highest BCUT2D eigenvalue weighted by Crippen LogP contribution is 2.25. The van der Waals surface area contributed by atoms with Crippen molar-refractivity contribution in [1.82, 2.24) is 19.9 Å². The lowest BCUT2D eigenvalue weighted by atomic mass is 10.0. The molecule has 0 radical (unpaired) electrons. The first-order valence-corrected chi connectivity index (χ1v) is 14.2. The lowest BCUT2D eigenvalue weighted by Crippen LogP contribution is -2.22. The summed E-state index contributed by atoms with van der Waals surface area (Å²) < 4.78 is 7.37. The molecule has 3 aromatic carbocycles. The zero-order valence-electron chi connectivity index (χ0n) is 22.9. The first-order chi connectivity index (χ1) is 18.7. The number of benzene rings is 3. The molecule has 2 heterocycles. The molecule has 0 N–H and O–H groups in total. The van der Waals surface area contributed by atoms with Crippen molar-refractivity contribution in [2.75, 3.05) is 26.7 Å². The monoisotopic (exact) mass is 508 g/mol. The Kier molecular flexibility index (Phi) is 8.87.